The summed E-state index contributed by atoms with van der Waals surface area (Å²) in [5, 5.41) is 2.81. The minimum absolute atomic E-state index is 0.200. The highest BCUT2D eigenvalue weighted by atomic mass is 16.2. The first kappa shape index (κ1) is 17.8. The maximum absolute atomic E-state index is 12.7. The van der Waals surface area contributed by atoms with Gasteiger partial charge in [0.2, 0.25) is 5.91 Å². The fourth-order valence-electron chi connectivity index (χ4n) is 3.26. The van der Waals surface area contributed by atoms with E-state index >= 15 is 0 Å². The fraction of sp³-hybridized carbons (Fsp3) is 0.471. The Labute approximate surface area is 150 Å². The number of likely N-dealkylation sites (tertiary alicyclic amines) is 1. The molecule has 9 heteroatoms. The molecular formula is C17H22N6O3. The molecule has 9 nitrogen and oxygen atoms in total. The molecule has 26 heavy (non-hydrogen) atoms. The van der Waals surface area contributed by atoms with E-state index in [4.69, 9.17) is 5.73 Å². The second-order valence-corrected chi connectivity index (χ2v) is 6.70. The number of nitrogens with two attached hydrogens (primary N) is 1. The molecule has 2 amide bonds. The quantitative estimate of drug-likeness (QED) is 0.812. The molecule has 0 saturated carbocycles. The van der Waals surface area contributed by atoms with Crippen LogP contribution in [0.4, 0.5) is 0 Å². The minimum Gasteiger partial charge on any atom is -0.370 e. The Morgan fingerprint density at radius 1 is 1.19 bits per heavy atom. The summed E-state index contributed by atoms with van der Waals surface area (Å²) in [6, 6.07) is 3.07. The Hall–Kier alpha value is -2.97. The number of aryl methyl sites for hydroxylation is 2. The first-order chi connectivity index (χ1) is 12.3. The van der Waals surface area contributed by atoms with E-state index in [1.54, 1.807) is 11.0 Å². The van der Waals surface area contributed by atoms with Gasteiger partial charge in [0.15, 0.2) is 0 Å². The summed E-state index contributed by atoms with van der Waals surface area (Å²) in [7, 11) is 0. The molecule has 1 aliphatic heterocycles. The first-order valence-corrected chi connectivity index (χ1v) is 8.56. The van der Waals surface area contributed by atoms with Crippen LogP contribution in [0.2, 0.25) is 0 Å². The molecule has 0 unspecified atom stereocenters. The van der Waals surface area contributed by atoms with E-state index in [1.807, 2.05) is 13.8 Å². The molecule has 0 radical (unpaired) electrons. The van der Waals surface area contributed by atoms with E-state index in [1.165, 1.54) is 10.7 Å². The second-order valence-electron chi connectivity index (χ2n) is 6.70. The van der Waals surface area contributed by atoms with Crippen LogP contribution in [0.25, 0.3) is 5.95 Å². The molecule has 1 aliphatic rings. The maximum atomic E-state index is 12.7. The molecule has 0 spiro atoms. The molecule has 0 bridgehead atoms. The highest BCUT2D eigenvalue weighted by Crippen LogP contribution is 2.21. The Kier molecular flexibility index (Phi) is 4.88. The van der Waals surface area contributed by atoms with Crippen molar-refractivity contribution in [2.24, 2.45) is 11.7 Å². The first-order valence-electron chi connectivity index (χ1n) is 8.56. The third kappa shape index (κ3) is 3.81. The second kappa shape index (κ2) is 7.11. The van der Waals surface area contributed by atoms with Crippen molar-refractivity contribution in [1.29, 1.82) is 0 Å². The third-order valence-corrected chi connectivity index (χ3v) is 4.51. The Morgan fingerprint density at radius 2 is 1.81 bits per heavy atom. The molecule has 0 aliphatic carbocycles. The zero-order valence-electron chi connectivity index (χ0n) is 14.9. The van der Waals surface area contributed by atoms with Gasteiger partial charge < -0.3 is 10.6 Å². The SMILES string of the molecule is Cc1cc(C)nc(-n2[nH]c(C(=O)N3CCC(CC(N)=O)CC3)cc2=O)n1. The average Bonchev–Trinajstić information content (AvgIpc) is 2.95. The lowest BCUT2D eigenvalue weighted by Gasteiger charge is -2.31. The Balaban J connectivity index is 1.76. The van der Waals surface area contributed by atoms with Crippen molar-refractivity contribution in [3.05, 3.63) is 39.6 Å². The number of amides is 2. The van der Waals surface area contributed by atoms with E-state index < -0.39 is 0 Å². The standard InChI is InChI=1S/C17H22N6O3/c1-10-7-11(2)20-17(19-10)23-15(25)9-13(21-23)16(26)22-5-3-12(4-6-22)8-14(18)24/h7,9,12,21H,3-6,8H2,1-2H3,(H2,18,24). The number of rotatable bonds is 4. The van der Waals surface area contributed by atoms with Gasteiger partial charge in [0.05, 0.1) is 0 Å². The topological polar surface area (TPSA) is 127 Å². The van der Waals surface area contributed by atoms with Crippen LogP contribution in [0.15, 0.2) is 16.9 Å². The molecule has 3 N–H and O–H groups in total. The van der Waals surface area contributed by atoms with Gasteiger partial charge in [-0.3, -0.25) is 19.5 Å². The van der Waals surface area contributed by atoms with Crippen LogP contribution >= 0.6 is 0 Å². The van der Waals surface area contributed by atoms with E-state index in [9.17, 15) is 14.4 Å². The number of primary amides is 1. The number of aromatic nitrogens is 4. The van der Waals surface area contributed by atoms with Gasteiger partial charge in [-0.1, -0.05) is 0 Å². The van der Waals surface area contributed by atoms with Crippen LogP contribution in [0.1, 0.15) is 41.1 Å². The van der Waals surface area contributed by atoms with Crippen LogP contribution in [0.5, 0.6) is 0 Å². The van der Waals surface area contributed by atoms with Crippen molar-refractivity contribution >= 4 is 11.8 Å². The number of hydrogen-bond acceptors (Lipinski definition) is 5. The zero-order chi connectivity index (χ0) is 18.8. The lowest BCUT2D eigenvalue weighted by atomic mass is 9.93. The predicted molar refractivity (Wildman–Crippen MR) is 93.9 cm³/mol. The molecule has 3 rings (SSSR count). The summed E-state index contributed by atoms with van der Waals surface area (Å²) in [6.07, 6.45) is 1.79. The summed E-state index contributed by atoms with van der Waals surface area (Å²) in [5.74, 6) is -0.136. The van der Waals surface area contributed by atoms with Gasteiger partial charge in [0.1, 0.15) is 5.69 Å². The summed E-state index contributed by atoms with van der Waals surface area (Å²) in [5.41, 5.74) is 6.51. The maximum Gasteiger partial charge on any atom is 0.274 e. The van der Waals surface area contributed by atoms with Crippen LogP contribution in [-0.2, 0) is 4.79 Å². The van der Waals surface area contributed by atoms with Gasteiger partial charge in [0, 0.05) is 37.0 Å². The van der Waals surface area contributed by atoms with Crippen molar-refractivity contribution in [1.82, 2.24) is 24.6 Å². The van der Waals surface area contributed by atoms with Gasteiger partial charge in [0.25, 0.3) is 17.4 Å². The molecule has 1 fully saturated rings. The Morgan fingerprint density at radius 3 is 2.38 bits per heavy atom. The number of nitrogens with zero attached hydrogens (tertiary/aromatic N) is 4. The highest BCUT2D eigenvalue weighted by Gasteiger charge is 2.26. The molecule has 2 aromatic heterocycles. The van der Waals surface area contributed by atoms with Crippen LogP contribution in [-0.4, -0.2) is 49.6 Å². The van der Waals surface area contributed by atoms with Crippen LogP contribution in [0.3, 0.4) is 0 Å². The van der Waals surface area contributed by atoms with Crippen LogP contribution in [0, 0.1) is 19.8 Å². The van der Waals surface area contributed by atoms with Gasteiger partial charge in [-0.2, -0.15) is 4.68 Å². The molecule has 2 aromatic rings. The van der Waals surface area contributed by atoms with E-state index in [-0.39, 0.29) is 34.9 Å². The Bertz CT molecular complexity index is 872. The third-order valence-electron chi connectivity index (χ3n) is 4.51. The summed E-state index contributed by atoms with van der Waals surface area (Å²) < 4.78 is 1.17. The smallest absolute Gasteiger partial charge is 0.274 e. The normalized spacial score (nSPS) is 15.2. The van der Waals surface area contributed by atoms with Crippen LogP contribution < -0.4 is 11.3 Å². The highest BCUT2D eigenvalue weighted by molar-refractivity contribution is 5.92. The van der Waals surface area contributed by atoms with E-state index in [0.717, 1.165) is 24.2 Å². The van der Waals surface area contributed by atoms with Gasteiger partial charge in [-0.25, -0.2) is 9.97 Å². The van der Waals surface area contributed by atoms with Crippen molar-refractivity contribution in [2.45, 2.75) is 33.1 Å². The monoisotopic (exact) mass is 358 g/mol. The van der Waals surface area contributed by atoms with E-state index in [0.29, 0.717) is 19.5 Å². The lowest BCUT2D eigenvalue weighted by Crippen LogP contribution is -2.39. The number of nitrogens with one attached hydrogen (secondary N) is 1. The largest absolute Gasteiger partial charge is 0.370 e. The number of piperidine rings is 1. The minimum atomic E-state index is -0.387. The summed E-state index contributed by atoms with van der Waals surface area (Å²) >= 11 is 0. The molecular weight excluding hydrogens is 336 g/mol. The molecule has 0 atom stereocenters. The van der Waals surface area contributed by atoms with Crippen molar-refractivity contribution < 1.29 is 9.59 Å². The van der Waals surface area contributed by atoms with Crippen molar-refractivity contribution in [2.75, 3.05) is 13.1 Å². The molecule has 3 heterocycles. The van der Waals surface area contributed by atoms with Crippen molar-refractivity contribution in [3.63, 3.8) is 0 Å². The van der Waals surface area contributed by atoms with E-state index in [2.05, 4.69) is 15.1 Å². The fourth-order valence-corrected chi connectivity index (χ4v) is 3.26. The number of carbonyl (C=O) groups is 2. The number of aromatic amines is 1. The predicted octanol–water partition coefficient (Wildman–Crippen LogP) is 0.300. The molecule has 0 aromatic carbocycles. The lowest BCUT2D eigenvalue weighted by molar-refractivity contribution is -0.119. The molecule has 138 valence electrons. The van der Waals surface area contributed by atoms with Gasteiger partial charge >= 0.3 is 0 Å². The van der Waals surface area contributed by atoms with Gasteiger partial charge in [-0.15, -0.1) is 0 Å². The summed E-state index contributed by atoms with van der Waals surface area (Å²) in [4.78, 5) is 46.1. The van der Waals surface area contributed by atoms with Gasteiger partial charge in [-0.05, 0) is 38.7 Å². The molecule has 1 saturated heterocycles. The summed E-state index contributed by atoms with van der Waals surface area (Å²) in [6.45, 7) is 4.69. The van der Waals surface area contributed by atoms with Crippen molar-refractivity contribution in [3.8, 4) is 5.95 Å². The number of hydrogen-bond donors (Lipinski definition) is 2. The number of H-pyrrole nitrogens is 1. The average molecular weight is 358 g/mol. The number of carbonyl (C=O) groups excluding carboxylic acids is 2. The zero-order valence-corrected chi connectivity index (χ0v) is 14.9.